The van der Waals surface area contributed by atoms with Crippen molar-refractivity contribution in [2.75, 3.05) is 33.2 Å². The summed E-state index contributed by atoms with van der Waals surface area (Å²) < 4.78 is 27.6. The Hall–Kier alpha value is -1.93. The fraction of sp³-hybridized carbons (Fsp3) is 0.409. The minimum absolute atomic E-state index is 0.0273. The Morgan fingerprint density at radius 1 is 1.07 bits per heavy atom. The van der Waals surface area contributed by atoms with Gasteiger partial charge in [-0.2, -0.15) is 4.31 Å². The summed E-state index contributed by atoms with van der Waals surface area (Å²) in [6.07, 6.45) is 0. The van der Waals surface area contributed by atoms with Crippen LogP contribution in [0.2, 0.25) is 5.02 Å². The van der Waals surface area contributed by atoms with Gasteiger partial charge in [0.1, 0.15) is 4.90 Å². The number of halogens is 1. The number of rotatable bonds is 5. The molecule has 1 saturated heterocycles. The first kappa shape index (κ1) is 22.7. The molecule has 0 aliphatic carbocycles. The lowest BCUT2D eigenvalue weighted by atomic mass is 10.00. The van der Waals surface area contributed by atoms with E-state index in [-0.39, 0.29) is 27.4 Å². The van der Waals surface area contributed by atoms with Gasteiger partial charge >= 0.3 is 0 Å². The fourth-order valence-corrected chi connectivity index (χ4v) is 5.60. The van der Waals surface area contributed by atoms with E-state index in [2.05, 4.69) is 16.3 Å². The quantitative estimate of drug-likeness (QED) is 0.759. The van der Waals surface area contributed by atoms with Gasteiger partial charge in [0.15, 0.2) is 0 Å². The Kier molecular flexibility index (Phi) is 6.87. The molecule has 0 radical (unpaired) electrons. The van der Waals surface area contributed by atoms with Crippen molar-refractivity contribution in [2.24, 2.45) is 0 Å². The molecule has 0 saturated carbocycles. The summed E-state index contributed by atoms with van der Waals surface area (Å²) in [6, 6.07) is 10.3. The second-order valence-corrected chi connectivity index (χ2v) is 10.2. The highest BCUT2D eigenvalue weighted by Gasteiger charge is 2.30. The molecule has 0 aromatic heterocycles. The number of hydrogen-bond donors (Lipinski definition) is 1. The predicted molar refractivity (Wildman–Crippen MR) is 120 cm³/mol. The van der Waals surface area contributed by atoms with E-state index in [1.54, 1.807) is 6.07 Å². The van der Waals surface area contributed by atoms with Crippen LogP contribution in [0.3, 0.4) is 0 Å². The molecular weight excluding hydrogens is 422 g/mol. The predicted octanol–water partition coefficient (Wildman–Crippen LogP) is 3.38. The minimum atomic E-state index is -3.77. The summed E-state index contributed by atoms with van der Waals surface area (Å²) in [7, 11) is -1.81. The average Bonchev–Trinajstić information content (AvgIpc) is 2.68. The van der Waals surface area contributed by atoms with Crippen molar-refractivity contribution in [3.63, 3.8) is 0 Å². The Labute approximate surface area is 183 Å². The number of likely N-dealkylation sites (N-methyl/N-ethyl adjacent to an activating group) is 1. The van der Waals surface area contributed by atoms with Gasteiger partial charge in [0, 0.05) is 31.7 Å². The maximum absolute atomic E-state index is 13.1. The van der Waals surface area contributed by atoms with E-state index in [4.69, 9.17) is 11.6 Å². The molecule has 30 heavy (non-hydrogen) atoms. The number of hydrogen-bond acceptors (Lipinski definition) is 4. The number of nitrogens with one attached hydrogen (secondary N) is 1. The zero-order chi connectivity index (χ0) is 22.1. The van der Waals surface area contributed by atoms with Crippen molar-refractivity contribution in [3.8, 4) is 0 Å². The second-order valence-electron chi connectivity index (χ2n) is 7.91. The summed E-state index contributed by atoms with van der Waals surface area (Å²) in [6.45, 7) is 8.05. The van der Waals surface area contributed by atoms with Gasteiger partial charge in [0.2, 0.25) is 10.0 Å². The van der Waals surface area contributed by atoms with E-state index < -0.39 is 10.0 Å². The van der Waals surface area contributed by atoms with Crippen LogP contribution < -0.4 is 5.32 Å². The van der Waals surface area contributed by atoms with E-state index in [1.807, 2.05) is 40.0 Å². The Balaban J connectivity index is 1.82. The number of amides is 1. The second kappa shape index (κ2) is 9.06. The van der Waals surface area contributed by atoms with Crippen LogP contribution in [0.1, 0.15) is 40.0 Å². The van der Waals surface area contributed by atoms with Gasteiger partial charge in [0.25, 0.3) is 5.91 Å². The normalized spacial score (nSPS) is 17.0. The van der Waals surface area contributed by atoms with Crippen molar-refractivity contribution >= 4 is 27.5 Å². The molecule has 2 aromatic rings. The Morgan fingerprint density at radius 3 is 2.37 bits per heavy atom. The standard InChI is InChI=1S/C22H28ClN3O3S/c1-15-5-7-19(16(2)13-15)17(3)24-22(27)18-6-8-20(23)21(14-18)30(28,29)26-11-9-25(4)10-12-26/h5-8,13-14,17H,9-12H2,1-4H3,(H,24,27). The summed E-state index contributed by atoms with van der Waals surface area (Å²) in [5.41, 5.74) is 3.54. The molecule has 6 nitrogen and oxygen atoms in total. The van der Waals surface area contributed by atoms with Crippen LogP contribution in [-0.2, 0) is 10.0 Å². The summed E-state index contributed by atoms with van der Waals surface area (Å²) in [5, 5.41) is 3.08. The first-order chi connectivity index (χ1) is 14.1. The van der Waals surface area contributed by atoms with Crippen molar-refractivity contribution in [1.29, 1.82) is 0 Å². The number of sulfonamides is 1. The topological polar surface area (TPSA) is 69.7 Å². The Bertz CT molecular complexity index is 1050. The highest BCUT2D eigenvalue weighted by molar-refractivity contribution is 7.89. The molecule has 1 unspecified atom stereocenters. The van der Waals surface area contributed by atoms with Crippen molar-refractivity contribution in [3.05, 3.63) is 63.7 Å². The highest BCUT2D eigenvalue weighted by atomic mass is 35.5. The zero-order valence-corrected chi connectivity index (χ0v) is 19.3. The number of carbonyl (C=O) groups is 1. The molecular formula is C22H28ClN3O3S. The molecule has 1 N–H and O–H groups in total. The van der Waals surface area contributed by atoms with Gasteiger partial charge in [-0.25, -0.2) is 8.42 Å². The van der Waals surface area contributed by atoms with E-state index >= 15 is 0 Å². The van der Waals surface area contributed by atoms with Crippen LogP contribution in [0.15, 0.2) is 41.3 Å². The third kappa shape index (κ3) is 4.86. The van der Waals surface area contributed by atoms with E-state index in [0.717, 1.165) is 16.7 Å². The van der Waals surface area contributed by atoms with Gasteiger partial charge in [-0.05, 0) is 57.1 Å². The van der Waals surface area contributed by atoms with Gasteiger partial charge in [0.05, 0.1) is 11.1 Å². The van der Waals surface area contributed by atoms with Crippen LogP contribution in [0.25, 0.3) is 0 Å². The summed E-state index contributed by atoms with van der Waals surface area (Å²) in [5.74, 6) is -0.339. The van der Waals surface area contributed by atoms with E-state index in [9.17, 15) is 13.2 Å². The third-order valence-corrected chi connectivity index (χ3v) is 7.89. The molecule has 1 fully saturated rings. The molecule has 1 atom stereocenters. The lowest BCUT2D eigenvalue weighted by Gasteiger charge is -2.31. The fourth-order valence-electron chi connectivity index (χ4n) is 3.68. The van der Waals surface area contributed by atoms with Crippen LogP contribution in [0.5, 0.6) is 0 Å². The lowest BCUT2D eigenvalue weighted by Crippen LogP contribution is -2.47. The van der Waals surface area contributed by atoms with Crippen molar-refractivity contribution in [1.82, 2.24) is 14.5 Å². The maximum Gasteiger partial charge on any atom is 0.251 e. The van der Waals surface area contributed by atoms with Crippen LogP contribution in [-0.4, -0.2) is 56.8 Å². The average molecular weight is 450 g/mol. The molecule has 1 aliphatic rings. The summed E-state index contributed by atoms with van der Waals surface area (Å²) >= 11 is 6.22. The van der Waals surface area contributed by atoms with Gasteiger partial charge in [-0.15, -0.1) is 0 Å². The molecule has 1 amide bonds. The molecule has 1 aliphatic heterocycles. The lowest BCUT2D eigenvalue weighted by molar-refractivity contribution is 0.0939. The van der Waals surface area contributed by atoms with Gasteiger partial charge in [-0.1, -0.05) is 35.4 Å². The van der Waals surface area contributed by atoms with Crippen LogP contribution in [0.4, 0.5) is 0 Å². The SMILES string of the molecule is Cc1ccc(C(C)NC(=O)c2ccc(Cl)c(S(=O)(=O)N3CCN(C)CC3)c2)c(C)c1. The number of aryl methyl sites for hydroxylation is 2. The van der Waals surface area contributed by atoms with Crippen molar-refractivity contribution in [2.45, 2.75) is 31.7 Å². The molecule has 2 aromatic carbocycles. The number of nitrogens with zero attached hydrogens (tertiary/aromatic N) is 2. The van der Waals surface area contributed by atoms with Crippen LogP contribution in [0, 0.1) is 13.8 Å². The smallest absolute Gasteiger partial charge is 0.251 e. The largest absolute Gasteiger partial charge is 0.346 e. The molecule has 1 heterocycles. The number of carbonyl (C=O) groups excluding carboxylic acids is 1. The minimum Gasteiger partial charge on any atom is -0.346 e. The monoisotopic (exact) mass is 449 g/mol. The molecule has 0 spiro atoms. The zero-order valence-electron chi connectivity index (χ0n) is 17.8. The van der Waals surface area contributed by atoms with Crippen LogP contribution >= 0.6 is 11.6 Å². The highest BCUT2D eigenvalue weighted by Crippen LogP contribution is 2.27. The van der Waals surface area contributed by atoms with Crippen molar-refractivity contribution < 1.29 is 13.2 Å². The maximum atomic E-state index is 13.1. The third-order valence-electron chi connectivity index (χ3n) is 5.51. The van der Waals surface area contributed by atoms with Gasteiger partial charge in [-0.3, -0.25) is 4.79 Å². The summed E-state index contributed by atoms with van der Waals surface area (Å²) in [4.78, 5) is 14.9. The number of piperazine rings is 1. The molecule has 3 rings (SSSR count). The first-order valence-corrected chi connectivity index (χ1v) is 11.8. The molecule has 0 bridgehead atoms. The first-order valence-electron chi connectivity index (χ1n) is 9.96. The molecule has 8 heteroatoms. The van der Waals surface area contributed by atoms with E-state index in [1.165, 1.54) is 16.4 Å². The van der Waals surface area contributed by atoms with Gasteiger partial charge < -0.3 is 10.2 Å². The van der Waals surface area contributed by atoms with E-state index in [0.29, 0.717) is 26.2 Å². The molecule has 162 valence electrons. The number of benzene rings is 2. The Morgan fingerprint density at radius 2 is 1.73 bits per heavy atom.